The van der Waals surface area contributed by atoms with Crippen LogP contribution in [0.1, 0.15) is 18.7 Å². The van der Waals surface area contributed by atoms with Gasteiger partial charge in [-0.2, -0.15) is 0 Å². The average Bonchev–Trinajstić information content (AvgIpc) is 2.88. The van der Waals surface area contributed by atoms with Gasteiger partial charge in [0, 0.05) is 26.2 Å². The Morgan fingerprint density at radius 2 is 2.14 bits per heavy atom. The number of aromatic amines is 1. The van der Waals surface area contributed by atoms with Crippen molar-refractivity contribution < 1.29 is 13.2 Å². The standard InChI is InChI=1S/C12H21N5O3S/c1-9-14-7-12(15-9)21(19,20)16-10-3-5-17(6-4-10)8-11(18)13-2/h7,10,16H,3-6,8H2,1-2H3,(H,13,18)(H,14,15). The maximum Gasteiger partial charge on any atom is 0.257 e. The molecule has 0 saturated carbocycles. The fourth-order valence-electron chi connectivity index (χ4n) is 2.31. The second-order valence-electron chi connectivity index (χ2n) is 5.18. The number of carbonyl (C=O) groups is 1. The molecular weight excluding hydrogens is 294 g/mol. The first-order chi connectivity index (χ1) is 9.90. The molecule has 0 atom stereocenters. The minimum Gasteiger partial charge on any atom is -0.358 e. The number of amides is 1. The van der Waals surface area contributed by atoms with E-state index in [0.717, 1.165) is 0 Å². The number of nitrogens with zero attached hydrogens (tertiary/aromatic N) is 2. The van der Waals surface area contributed by atoms with E-state index in [0.29, 0.717) is 38.3 Å². The van der Waals surface area contributed by atoms with E-state index >= 15 is 0 Å². The zero-order chi connectivity index (χ0) is 15.5. The van der Waals surface area contributed by atoms with Crippen LogP contribution in [0.25, 0.3) is 0 Å². The fraction of sp³-hybridized carbons (Fsp3) is 0.667. The normalized spacial score (nSPS) is 17.8. The highest BCUT2D eigenvalue weighted by molar-refractivity contribution is 7.89. The van der Waals surface area contributed by atoms with E-state index in [2.05, 4.69) is 20.0 Å². The zero-order valence-electron chi connectivity index (χ0n) is 12.2. The van der Waals surface area contributed by atoms with E-state index in [4.69, 9.17) is 0 Å². The van der Waals surface area contributed by atoms with Crippen LogP contribution < -0.4 is 10.0 Å². The van der Waals surface area contributed by atoms with Crippen LogP contribution in [0.3, 0.4) is 0 Å². The lowest BCUT2D eigenvalue weighted by Gasteiger charge is -2.31. The number of H-pyrrole nitrogens is 1. The highest BCUT2D eigenvalue weighted by Crippen LogP contribution is 2.13. The summed E-state index contributed by atoms with van der Waals surface area (Å²) in [5.74, 6) is 0.540. The SMILES string of the molecule is CNC(=O)CN1CCC(NS(=O)(=O)c2cnc(C)[nH]2)CC1. The van der Waals surface area contributed by atoms with Gasteiger partial charge in [0.05, 0.1) is 12.7 Å². The van der Waals surface area contributed by atoms with Gasteiger partial charge in [0.2, 0.25) is 5.91 Å². The summed E-state index contributed by atoms with van der Waals surface area (Å²) in [7, 11) is -1.94. The number of rotatable bonds is 5. The van der Waals surface area contributed by atoms with Gasteiger partial charge in [-0.3, -0.25) is 9.69 Å². The molecule has 1 aliphatic rings. The number of sulfonamides is 1. The molecule has 1 aromatic rings. The van der Waals surface area contributed by atoms with Crippen LogP contribution in [0.4, 0.5) is 0 Å². The van der Waals surface area contributed by atoms with Crippen molar-refractivity contribution in [2.24, 2.45) is 0 Å². The molecule has 0 aliphatic carbocycles. The molecule has 1 aliphatic heterocycles. The lowest BCUT2D eigenvalue weighted by Crippen LogP contribution is -2.47. The molecule has 8 nitrogen and oxygen atoms in total. The maximum absolute atomic E-state index is 12.2. The van der Waals surface area contributed by atoms with Crippen LogP contribution in [-0.4, -0.2) is 61.9 Å². The van der Waals surface area contributed by atoms with Crippen molar-refractivity contribution in [3.8, 4) is 0 Å². The number of imidazole rings is 1. The van der Waals surface area contributed by atoms with Gasteiger partial charge in [-0.05, 0) is 19.8 Å². The molecule has 21 heavy (non-hydrogen) atoms. The summed E-state index contributed by atoms with van der Waals surface area (Å²) in [6, 6.07) is -0.112. The van der Waals surface area contributed by atoms with Crippen LogP contribution in [0.5, 0.6) is 0 Å². The Labute approximate surface area is 124 Å². The Balaban J connectivity index is 1.87. The van der Waals surface area contributed by atoms with Crippen molar-refractivity contribution in [1.29, 1.82) is 0 Å². The van der Waals surface area contributed by atoms with Crippen molar-refractivity contribution in [1.82, 2.24) is 24.9 Å². The molecule has 1 fully saturated rings. The molecule has 1 aromatic heterocycles. The van der Waals surface area contributed by atoms with Gasteiger partial charge in [-0.15, -0.1) is 0 Å². The minimum absolute atomic E-state index is 0.0260. The molecule has 3 N–H and O–H groups in total. The second kappa shape index (κ2) is 6.54. The Morgan fingerprint density at radius 1 is 1.48 bits per heavy atom. The highest BCUT2D eigenvalue weighted by atomic mass is 32.2. The number of likely N-dealkylation sites (tertiary alicyclic amines) is 1. The fourth-order valence-corrected chi connectivity index (χ4v) is 3.58. The Morgan fingerprint density at radius 3 is 2.67 bits per heavy atom. The summed E-state index contributed by atoms with van der Waals surface area (Å²) in [5, 5.41) is 2.67. The molecule has 118 valence electrons. The highest BCUT2D eigenvalue weighted by Gasteiger charge is 2.26. The van der Waals surface area contributed by atoms with Crippen LogP contribution in [-0.2, 0) is 14.8 Å². The topological polar surface area (TPSA) is 107 Å². The number of aryl methyl sites for hydroxylation is 1. The van der Waals surface area contributed by atoms with Gasteiger partial charge in [0.15, 0.2) is 5.03 Å². The van der Waals surface area contributed by atoms with Crippen molar-refractivity contribution in [2.75, 3.05) is 26.7 Å². The zero-order valence-corrected chi connectivity index (χ0v) is 13.0. The van der Waals surface area contributed by atoms with Gasteiger partial charge >= 0.3 is 0 Å². The van der Waals surface area contributed by atoms with Gasteiger partial charge < -0.3 is 10.3 Å². The third kappa shape index (κ3) is 4.26. The number of hydrogen-bond donors (Lipinski definition) is 3. The molecule has 0 radical (unpaired) electrons. The van der Waals surface area contributed by atoms with Crippen LogP contribution in [0.15, 0.2) is 11.2 Å². The number of likely N-dealkylation sites (N-methyl/N-ethyl adjacent to an activating group) is 1. The Bertz CT molecular complexity index is 590. The molecule has 9 heteroatoms. The number of nitrogens with one attached hydrogen (secondary N) is 3. The van der Waals surface area contributed by atoms with Crippen LogP contribution in [0.2, 0.25) is 0 Å². The first kappa shape index (κ1) is 15.9. The smallest absolute Gasteiger partial charge is 0.257 e. The Hall–Kier alpha value is -1.45. The summed E-state index contributed by atoms with van der Waals surface area (Å²) in [4.78, 5) is 19.9. The molecule has 1 saturated heterocycles. The van der Waals surface area contributed by atoms with Crippen molar-refractivity contribution >= 4 is 15.9 Å². The number of aromatic nitrogens is 2. The summed E-state index contributed by atoms with van der Waals surface area (Å²) < 4.78 is 27.0. The lowest BCUT2D eigenvalue weighted by molar-refractivity contribution is -0.122. The first-order valence-electron chi connectivity index (χ1n) is 6.87. The minimum atomic E-state index is -3.55. The average molecular weight is 315 g/mol. The quantitative estimate of drug-likeness (QED) is 0.660. The van der Waals surface area contributed by atoms with E-state index in [1.54, 1.807) is 14.0 Å². The van der Waals surface area contributed by atoms with Gasteiger partial charge in [0.1, 0.15) is 5.82 Å². The molecular formula is C12H21N5O3S. The predicted octanol–water partition coefficient (Wildman–Crippen LogP) is -0.793. The molecule has 0 bridgehead atoms. The van der Waals surface area contributed by atoms with Gasteiger partial charge in [-0.1, -0.05) is 0 Å². The van der Waals surface area contributed by atoms with E-state index < -0.39 is 10.0 Å². The van der Waals surface area contributed by atoms with E-state index in [9.17, 15) is 13.2 Å². The van der Waals surface area contributed by atoms with Crippen LogP contribution >= 0.6 is 0 Å². The summed E-state index contributed by atoms with van der Waals surface area (Å²) >= 11 is 0. The van der Waals surface area contributed by atoms with E-state index in [1.165, 1.54) is 6.20 Å². The molecule has 2 heterocycles. The summed E-state index contributed by atoms with van der Waals surface area (Å²) in [6.07, 6.45) is 2.69. The van der Waals surface area contributed by atoms with Crippen molar-refractivity contribution in [3.63, 3.8) is 0 Å². The Kier molecular flexibility index (Phi) is 4.96. The van der Waals surface area contributed by atoms with E-state index in [-0.39, 0.29) is 17.0 Å². The third-order valence-electron chi connectivity index (χ3n) is 3.52. The second-order valence-corrected chi connectivity index (χ2v) is 6.86. The lowest BCUT2D eigenvalue weighted by atomic mass is 10.1. The first-order valence-corrected chi connectivity index (χ1v) is 8.36. The number of hydrogen-bond acceptors (Lipinski definition) is 5. The van der Waals surface area contributed by atoms with Crippen molar-refractivity contribution in [2.45, 2.75) is 30.8 Å². The molecule has 0 unspecified atom stereocenters. The number of carbonyl (C=O) groups excluding carboxylic acids is 1. The van der Waals surface area contributed by atoms with Crippen LogP contribution in [0, 0.1) is 6.92 Å². The third-order valence-corrected chi connectivity index (χ3v) is 4.95. The maximum atomic E-state index is 12.2. The summed E-state index contributed by atoms with van der Waals surface area (Å²) in [5.41, 5.74) is 0. The monoisotopic (exact) mass is 315 g/mol. The largest absolute Gasteiger partial charge is 0.358 e. The van der Waals surface area contributed by atoms with Gasteiger partial charge in [-0.25, -0.2) is 18.1 Å². The molecule has 2 rings (SSSR count). The van der Waals surface area contributed by atoms with E-state index in [1.807, 2.05) is 4.90 Å². The molecule has 1 amide bonds. The number of piperidine rings is 1. The molecule has 0 aromatic carbocycles. The molecule has 0 spiro atoms. The predicted molar refractivity (Wildman–Crippen MR) is 77.2 cm³/mol. The summed E-state index contributed by atoms with van der Waals surface area (Å²) in [6.45, 7) is 3.46. The van der Waals surface area contributed by atoms with Gasteiger partial charge in [0.25, 0.3) is 10.0 Å². The van der Waals surface area contributed by atoms with Crippen molar-refractivity contribution in [3.05, 3.63) is 12.0 Å².